The first kappa shape index (κ1) is 16.7. The molecular formula is C20H18ClN3O2. The van der Waals surface area contributed by atoms with Crippen molar-refractivity contribution in [3.05, 3.63) is 81.5 Å². The molecule has 26 heavy (non-hydrogen) atoms. The Morgan fingerprint density at radius 3 is 2.46 bits per heavy atom. The van der Waals surface area contributed by atoms with Crippen molar-refractivity contribution in [2.24, 2.45) is 0 Å². The quantitative estimate of drug-likeness (QED) is 0.874. The molecule has 2 aromatic carbocycles. The van der Waals surface area contributed by atoms with Crippen molar-refractivity contribution in [3.63, 3.8) is 0 Å². The van der Waals surface area contributed by atoms with Crippen LogP contribution >= 0.6 is 11.6 Å². The Balaban J connectivity index is 1.61. The van der Waals surface area contributed by atoms with Gasteiger partial charge in [-0.3, -0.25) is 4.79 Å². The Morgan fingerprint density at radius 1 is 1.08 bits per heavy atom. The van der Waals surface area contributed by atoms with Gasteiger partial charge in [0.25, 0.3) is 5.91 Å². The molecule has 5 nitrogen and oxygen atoms in total. The largest absolute Gasteiger partial charge is 0.329 e. The Labute approximate surface area is 156 Å². The van der Waals surface area contributed by atoms with Crippen LogP contribution in [0.3, 0.4) is 0 Å². The van der Waals surface area contributed by atoms with E-state index in [-0.39, 0.29) is 11.9 Å². The number of nitrogens with zero attached hydrogens (tertiary/aromatic N) is 1. The van der Waals surface area contributed by atoms with Crippen LogP contribution in [0.1, 0.15) is 22.7 Å². The second-order valence-corrected chi connectivity index (χ2v) is 7.06. The summed E-state index contributed by atoms with van der Waals surface area (Å²) in [5.41, 5.74) is 4.34. The van der Waals surface area contributed by atoms with Gasteiger partial charge in [0, 0.05) is 11.6 Å². The molecule has 0 spiro atoms. The summed E-state index contributed by atoms with van der Waals surface area (Å²) in [4.78, 5) is 26.8. The van der Waals surface area contributed by atoms with Crippen LogP contribution in [0.15, 0.2) is 59.8 Å². The summed E-state index contributed by atoms with van der Waals surface area (Å²) < 4.78 is 0. The third-order valence-electron chi connectivity index (χ3n) is 4.72. The lowest BCUT2D eigenvalue weighted by Gasteiger charge is -2.25. The van der Waals surface area contributed by atoms with Crippen LogP contribution in [0.5, 0.6) is 0 Å². The smallest absolute Gasteiger partial charge is 0.319 e. The molecule has 132 valence electrons. The third kappa shape index (κ3) is 3.06. The zero-order valence-electron chi connectivity index (χ0n) is 14.3. The van der Waals surface area contributed by atoms with E-state index >= 15 is 0 Å². The van der Waals surface area contributed by atoms with Gasteiger partial charge < -0.3 is 15.5 Å². The molecule has 2 aromatic rings. The molecule has 2 N–H and O–H groups in total. The summed E-state index contributed by atoms with van der Waals surface area (Å²) in [6.07, 6.45) is 0. The number of aryl methyl sites for hydroxylation is 1. The minimum atomic E-state index is -0.466. The fourth-order valence-electron chi connectivity index (χ4n) is 3.38. The Bertz CT molecular complexity index is 904. The fraction of sp³-hybridized carbons (Fsp3) is 0.200. The molecule has 1 atom stereocenters. The summed E-state index contributed by atoms with van der Waals surface area (Å²) in [7, 11) is 0. The highest BCUT2D eigenvalue weighted by Gasteiger charge is 2.40. The summed E-state index contributed by atoms with van der Waals surface area (Å²) in [5, 5.41) is 6.25. The lowest BCUT2D eigenvalue weighted by atomic mass is 9.96. The van der Waals surface area contributed by atoms with Crippen molar-refractivity contribution in [1.82, 2.24) is 15.5 Å². The lowest BCUT2D eigenvalue weighted by molar-refractivity contribution is -0.126. The van der Waals surface area contributed by atoms with Gasteiger partial charge in [-0.2, -0.15) is 0 Å². The Hall–Kier alpha value is -2.79. The molecule has 2 aliphatic rings. The topological polar surface area (TPSA) is 61.4 Å². The predicted molar refractivity (Wildman–Crippen MR) is 99.5 cm³/mol. The van der Waals surface area contributed by atoms with Crippen molar-refractivity contribution in [2.45, 2.75) is 19.5 Å². The highest BCUT2D eigenvalue weighted by molar-refractivity contribution is 6.30. The van der Waals surface area contributed by atoms with Gasteiger partial charge in [0.2, 0.25) is 0 Å². The van der Waals surface area contributed by atoms with Crippen molar-refractivity contribution in [3.8, 4) is 0 Å². The van der Waals surface area contributed by atoms with Crippen molar-refractivity contribution in [1.29, 1.82) is 0 Å². The van der Waals surface area contributed by atoms with Gasteiger partial charge >= 0.3 is 6.03 Å². The summed E-state index contributed by atoms with van der Waals surface area (Å²) in [6, 6.07) is 14.5. The van der Waals surface area contributed by atoms with Crippen LogP contribution in [0, 0.1) is 6.92 Å². The molecule has 0 fully saturated rings. The number of carbonyl (C=O) groups excluding carboxylic acids is 2. The van der Waals surface area contributed by atoms with E-state index in [4.69, 9.17) is 11.6 Å². The van der Waals surface area contributed by atoms with E-state index in [0.29, 0.717) is 29.4 Å². The van der Waals surface area contributed by atoms with Gasteiger partial charge in [0.15, 0.2) is 0 Å². The van der Waals surface area contributed by atoms with E-state index in [9.17, 15) is 9.59 Å². The summed E-state index contributed by atoms with van der Waals surface area (Å²) in [5.74, 6) is -0.0620. The van der Waals surface area contributed by atoms with Crippen LogP contribution < -0.4 is 10.6 Å². The molecule has 2 heterocycles. The maximum atomic E-state index is 13.0. The van der Waals surface area contributed by atoms with Crippen LogP contribution in [0.25, 0.3) is 0 Å². The SMILES string of the molecule is Cc1ccc(CN2CC3=C(C2=O)[C@H](c2ccc(Cl)cc2)NC(=O)N3)cc1. The number of nitrogens with one attached hydrogen (secondary N) is 2. The van der Waals surface area contributed by atoms with Gasteiger partial charge in [0.1, 0.15) is 0 Å². The minimum absolute atomic E-state index is 0.0620. The molecule has 0 unspecified atom stereocenters. The second-order valence-electron chi connectivity index (χ2n) is 6.62. The zero-order chi connectivity index (χ0) is 18.3. The maximum absolute atomic E-state index is 13.0. The number of amides is 3. The molecule has 0 aromatic heterocycles. The minimum Gasteiger partial charge on any atom is -0.329 e. The van der Waals surface area contributed by atoms with Crippen molar-refractivity contribution < 1.29 is 9.59 Å². The highest BCUT2D eigenvalue weighted by atomic mass is 35.5. The molecule has 6 heteroatoms. The number of carbonyl (C=O) groups is 2. The van der Waals surface area contributed by atoms with Gasteiger partial charge in [-0.1, -0.05) is 53.6 Å². The van der Waals surface area contributed by atoms with E-state index in [1.54, 1.807) is 17.0 Å². The van der Waals surface area contributed by atoms with Gasteiger partial charge in [-0.25, -0.2) is 4.79 Å². The molecule has 0 radical (unpaired) electrons. The fourth-order valence-corrected chi connectivity index (χ4v) is 3.50. The second kappa shape index (κ2) is 6.50. The van der Waals surface area contributed by atoms with Gasteiger partial charge in [-0.05, 0) is 30.2 Å². The number of benzene rings is 2. The molecule has 0 aliphatic carbocycles. The predicted octanol–water partition coefficient (Wildman–Crippen LogP) is 3.30. The molecule has 4 rings (SSSR count). The number of halogens is 1. The van der Waals surface area contributed by atoms with E-state index in [1.807, 2.05) is 43.3 Å². The van der Waals surface area contributed by atoms with Crippen molar-refractivity contribution >= 4 is 23.5 Å². The zero-order valence-corrected chi connectivity index (χ0v) is 15.0. The molecule has 0 saturated carbocycles. The monoisotopic (exact) mass is 367 g/mol. The molecule has 0 saturated heterocycles. The van der Waals surface area contributed by atoms with E-state index in [0.717, 1.165) is 11.1 Å². The summed E-state index contributed by atoms with van der Waals surface area (Å²) >= 11 is 5.96. The van der Waals surface area contributed by atoms with Crippen LogP contribution in [-0.4, -0.2) is 23.4 Å². The first-order valence-corrected chi connectivity index (χ1v) is 8.80. The Kier molecular flexibility index (Phi) is 4.17. The number of urea groups is 1. The van der Waals surface area contributed by atoms with E-state index in [2.05, 4.69) is 10.6 Å². The molecule has 0 bridgehead atoms. The Morgan fingerprint density at radius 2 is 1.77 bits per heavy atom. The average Bonchev–Trinajstić information content (AvgIpc) is 2.92. The van der Waals surface area contributed by atoms with Gasteiger partial charge in [-0.15, -0.1) is 0 Å². The lowest BCUT2D eigenvalue weighted by Crippen LogP contribution is -2.44. The van der Waals surface area contributed by atoms with Crippen LogP contribution in [0.4, 0.5) is 4.79 Å². The average molecular weight is 368 g/mol. The number of rotatable bonds is 3. The summed E-state index contributed by atoms with van der Waals surface area (Å²) in [6.45, 7) is 2.94. The van der Waals surface area contributed by atoms with Crippen LogP contribution in [0.2, 0.25) is 5.02 Å². The van der Waals surface area contributed by atoms with Crippen LogP contribution in [-0.2, 0) is 11.3 Å². The standard InChI is InChI=1S/C20H18ClN3O2/c1-12-2-4-13(5-3-12)10-24-11-16-17(19(24)25)18(23-20(26)22-16)14-6-8-15(21)9-7-14/h2-9,18H,10-11H2,1H3,(H2,22,23,26)/t18-/m0/s1. The normalized spacial score (nSPS) is 19.3. The van der Waals surface area contributed by atoms with Gasteiger partial charge in [0.05, 0.1) is 23.9 Å². The first-order valence-electron chi connectivity index (χ1n) is 8.42. The van der Waals surface area contributed by atoms with Crippen molar-refractivity contribution in [2.75, 3.05) is 6.54 Å². The first-order chi connectivity index (χ1) is 12.5. The third-order valence-corrected chi connectivity index (χ3v) is 4.97. The van der Waals surface area contributed by atoms with E-state index in [1.165, 1.54) is 5.56 Å². The van der Waals surface area contributed by atoms with E-state index < -0.39 is 6.04 Å². The number of hydrogen-bond donors (Lipinski definition) is 2. The number of hydrogen-bond acceptors (Lipinski definition) is 2. The highest BCUT2D eigenvalue weighted by Crippen LogP contribution is 2.33. The maximum Gasteiger partial charge on any atom is 0.319 e. The molecule has 3 amide bonds. The molecular weight excluding hydrogens is 350 g/mol. The molecule has 2 aliphatic heterocycles.